The number of likely N-dealkylation sites (tertiary alicyclic amines) is 1. The van der Waals surface area contributed by atoms with Crippen LogP contribution in [0.1, 0.15) is 23.5 Å². The molecule has 6 nitrogen and oxygen atoms in total. The molecule has 0 saturated carbocycles. The monoisotopic (exact) mass is 382 g/mol. The minimum Gasteiger partial charge on any atom is -0.497 e. The first kappa shape index (κ1) is 17.5. The van der Waals surface area contributed by atoms with E-state index in [0.717, 1.165) is 42.9 Å². The second kappa shape index (κ2) is 7.40. The minimum atomic E-state index is -0.136. The Labute approximate surface area is 162 Å². The van der Waals surface area contributed by atoms with Crippen LogP contribution >= 0.6 is 11.6 Å². The molecule has 1 fully saturated rings. The summed E-state index contributed by atoms with van der Waals surface area (Å²) in [6.07, 6.45) is 2.04. The normalized spacial score (nSPS) is 13.8. The van der Waals surface area contributed by atoms with Gasteiger partial charge in [0.15, 0.2) is 5.82 Å². The molecule has 1 aliphatic rings. The molecule has 2 heterocycles. The van der Waals surface area contributed by atoms with Gasteiger partial charge in [0.2, 0.25) is 5.82 Å². The van der Waals surface area contributed by atoms with Gasteiger partial charge in [0.05, 0.1) is 12.8 Å². The minimum absolute atomic E-state index is 0.136. The molecule has 0 bridgehead atoms. The molecule has 2 aromatic carbocycles. The van der Waals surface area contributed by atoms with Gasteiger partial charge in [-0.25, -0.2) is 9.67 Å². The van der Waals surface area contributed by atoms with Gasteiger partial charge >= 0.3 is 0 Å². The van der Waals surface area contributed by atoms with E-state index in [1.54, 1.807) is 28.8 Å². The molecule has 1 aliphatic heterocycles. The first-order chi connectivity index (χ1) is 13.2. The summed E-state index contributed by atoms with van der Waals surface area (Å²) in [5, 5.41) is 5.10. The Morgan fingerprint density at radius 1 is 1.11 bits per heavy atom. The molecular weight excluding hydrogens is 364 g/mol. The Bertz CT molecular complexity index is 962. The summed E-state index contributed by atoms with van der Waals surface area (Å²) in [6, 6.07) is 14.8. The zero-order chi connectivity index (χ0) is 18.8. The zero-order valence-electron chi connectivity index (χ0n) is 14.9. The molecule has 7 heteroatoms. The van der Waals surface area contributed by atoms with Crippen LogP contribution in [0.3, 0.4) is 0 Å². The van der Waals surface area contributed by atoms with E-state index in [0.29, 0.717) is 10.8 Å². The van der Waals surface area contributed by atoms with Crippen molar-refractivity contribution in [3.05, 3.63) is 59.4 Å². The summed E-state index contributed by atoms with van der Waals surface area (Å²) in [5.74, 6) is 1.40. The van der Waals surface area contributed by atoms with Crippen molar-refractivity contribution in [3.63, 3.8) is 0 Å². The molecule has 0 atom stereocenters. The van der Waals surface area contributed by atoms with E-state index in [-0.39, 0.29) is 11.7 Å². The van der Waals surface area contributed by atoms with Gasteiger partial charge in [0, 0.05) is 23.7 Å². The summed E-state index contributed by atoms with van der Waals surface area (Å²) in [7, 11) is 1.62. The Morgan fingerprint density at radius 2 is 1.85 bits per heavy atom. The summed E-state index contributed by atoms with van der Waals surface area (Å²) in [6.45, 7) is 1.50. The Balaban J connectivity index is 1.80. The number of carbonyl (C=O) groups is 1. The van der Waals surface area contributed by atoms with E-state index in [4.69, 9.17) is 16.3 Å². The number of ether oxygens (including phenoxy) is 1. The van der Waals surface area contributed by atoms with E-state index < -0.39 is 0 Å². The van der Waals surface area contributed by atoms with Crippen molar-refractivity contribution in [2.45, 2.75) is 12.8 Å². The van der Waals surface area contributed by atoms with Gasteiger partial charge in [-0.2, -0.15) is 0 Å². The lowest BCUT2D eigenvalue weighted by molar-refractivity contribution is 0.0781. The number of amides is 1. The molecule has 0 spiro atoms. The summed E-state index contributed by atoms with van der Waals surface area (Å²) >= 11 is 6.15. The Kier molecular flexibility index (Phi) is 4.81. The first-order valence-corrected chi connectivity index (χ1v) is 9.20. The van der Waals surface area contributed by atoms with Crippen LogP contribution in [0.5, 0.6) is 5.75 Å². The molecule has 1 aromatic heterocycles. The third-order valence-electron chi connectivity index (χ3n) is 4.59. The van der Waals surface area contributed by atoms with Crippen molar-refractivity contribution < 1.29 is 9.53 Å². The van der Waals surface area contributed by atoms with Crippen LogP contribution in [-0.2, 0) is 0 Å². The topological polar surface area (TPSA) is 60.2 Å². The molecule has 0 N–H and O–H groups in total. The van der Waals surface area contributed by atoms with Crippen molar-refractivity contribution in [2.24, 2.45) is 0 Å². The van der Waals surface area contributed by atoms with Gasteiger partial charge in [0.25, 0.3) is 5.91 Å². The smallest absolute Gasteiger partial charge is 0.293 e. The van der Waals surface area contributed by atoms with Crippen LogP contribution in [0.15, 0.2) is 48.5 Å². The fraction of sp³-hybridized carbons (Fsp3) is 0.250. The lowest BCUT2D eigenvalue weighted by Gasteiger charge is -2.11. The van der Waals surface area contributed by atoms with Crippen molar-refractivity contribution in [2.75, 3.05) is 20.2 Å². The number of aromatic nitrogens is 3. The lowest BCUT2D eigenvalue weighted by Crippen LogP contribution is -2.28. The van der Waals surface area contributed by atoms with E-state index >= 15 is 0 Å². The highest BCUT2D eigenvalue weighted by molar-refractivity contribution is 6.30. The Morgan fingerprint density at radius 3 is 2.52 bits per heavy atom. The lowest BCUT2D eigenvalue weighted by atomic mass is 10.2. The number of rotatable bonds is 4. The number of methoxy groups -OCH3 is 1. The second-order valence-electron chi connectivity index (χ2n) is 6.38. The van der Waals surface area contributed by atoms with Crippen molar-refractivity contribution >= 4 is 17.5 Å². The molecular formula is C20H19ClN4O2. The average molecular weight is 383 g/mol. The fourth-order valence-corrected chi connectivity index (χ4v) is 3.36. The van der Waals surface area contributed by atoms with E-state index in [2.05, 4.69) is 10.1 Å². The SMILES string of the molecule is COc1ccc(-c2nc(C(=O)N3CCCC3)nn2-c2cccc(Cl)c2)cc1. The highest BCUT2D eigenvalue weighted by atomic mass is 35.5. The van der Waals surface area contributed by atoms with Gasteiger partial charge in [0.1, 0.15) is 5.75 Å². The van der Waals surface area contributed by atoms with Gasteiger partial charge in [-0.05, 0) is 55.3 Å². The quantitative estimate of drug-likeness (QED) is 0.688. The van der Waals surface area contributed by atoms with Crippen LogP contribution in [0.4, 0.5) is 0 Å². The van der Waals surface area contributed by atoms with Crippen molar-refractivity contribution in [1.82, 2.24) is 19.7 Å². The van der Waals surface area contributed by atoms with E-state index in [1.807, 2.05) is 36.4 Å². The molecule has 1 saturated heterocycles. The summed E-state index contributed by atoms with van der Waals surface area (Å²) < 4.78 is 6.89. The zero-order valence-corrected chi connectivity index (χ0v) is 15.7. The number of hydrogen-bond acceptors (Lipinski definition) is 4. The van der Waals surface area contributed by atoms with Gasteiger partial charge in [-0.1, -0.05) is 17.7 Å². The van der Waals surface area contributed by atoms with Crippen LogP contribution in [0.25, 0.3) is 17.1 Å². The molecule has 0 aliphatic carbocycles. The predicted octanol–water partition coefficient (Wildman–Crippen LogP) is 3.83. The van der Waals surface area contributed by atoms with Crippen LogP contribution in [-0.4, -0.2) is 45.8 Å². The van der Waals surface area contributed by atoms with E-state index in [9.17, 15) is 4.79 Å². The number of hydrogen-bond donors (Lipinski definition) is 0. The van der Waals surface area contributed by atoms with Crippen LogP contribution < -0.4 is 4.74 Å². The van der Waals surface area contributed by atoms with Crippen molar-refractivity contribution in [1.29, 1.82) is 0 Å². The first-order valence-electron chi connectivity index (χ1n) is 8.82. The molecule has 138 valence electrons. The van der Waals surface area contributed by atoms with E-state index in [1.165, 1.54) is 0 Å². The Hall–Kier alpha value is -2.86. The second-order valence-corrected chi connectivity index (χ2v) is 6.81. The standard InChI is InChI=1S/C20H19ClN4O2/c1-27-17-9-7-14(8-10-17)19-22-18(20(26)24-11-2-3-12-24)23-25(19)16-6-4-5-15(21)13-16/h4-10,13H,2-3,11-12H2,1H3. The van der Waals surface area contributed by atoms with Crippen molar-refractivity contribution in [3.8, 4) is 22.8 Å². The maximum Gasteiger partial charge on any atom is 0.293 e. The number of benzene rings is 2. The maximum atomic E-state index is 12.8. The van der Waals surface area contributed by atoms with Gasteiger partial charge in [-0.3, -0.25) is 4.79 Å². The summed E-state index contributed by atoms with van der Waals surface area (Å²) in [4.78, 5) is 19.1. The maximum absolute atomic E-state index is 12.8. The molecule has 27 heavy (non-hydrogen) atoms. The molecule has 3 aromatic rings. The number of carbonyl (C=O) groups excluding carboxylic acids is 1. The predicted molar refractivity (Wildman–Crippen MR) is 103 cm³/mol. The third-order valence-corrected chi connectivity index (χ3v) is 4.83. The van der Waals surface area contributed by atoms with Gasteiger partial charge in [-0.15, -0.1) is 5.10 Å². The average Bonchev–Trinajstić information content (AvgIpc) is 3.38. The fourth-order valence-electron chi connectivity index (χ4n) is 3.18. The van der Waals surface area contributed by atoms with Gasteiger partial charge < -0.3 is 9.64 Å². The number of nitrogens with zero attached hydrogens (tertiary/aromatic N) is 4. The summed E-state index contributed by atoms with van der Waals surface area (Å²) in [5.41, 5.74) is 1.59. The number of halogens is 1. The molecule has 4 rings (SSSR count). The molecule has 0 radical (unpaired) electrons. The highest BCUT2D eigenvalue weighted by Gasteiger charge is 2.25. The van der Waals surface area contributed by atoms with Crippen LogP contribution in [0, 0.1) is 0 Å². The third kappa shape index (κ3) is 3.53. The molecule has 0 unspecified atom stereocenters. The molecule has 1 amide bonds. The largest absolute Gasteiger partial charge is 0.497 e. The highest BCUT2D eigenvalue weighted by Crippen LogP contribution is 2.25. The van der Waals surface area contributed by atoms with Crippen LogP contribution in [0.2, 0.25) is 5.02 Å².